The van der Waals surface area contributed by atoms with Gasteiger partial charge in [-0.1, -0.05) is 35.9 Å². The first kappa shape index (κ1) is 27.3. The van der Waals surface area contributed by atoms with Crippen molar-refractivity contribution in [3.8, 4) is 11.1 Å². The summed E-state index contributed by atoms with van der Waals surface area (Å²) in [5, 5.41) is 6.13. The van der Waals surface area contributed by atoms with E-state index in [0.29, 0.717) is 37.1 Å². The number of urea groups is 1. The minimum atomic E-state index is -0.495. The van der Waals surface area contributed by atoms with Crippen LogP contribution in [0, 0.1) is 5.92 Å². The van der Waals surface area contributed by atoms with Gasteiger partial charge in [-0.05, 0) is 70.6 Å². The molecule has 0 spiro atoms. The highest BCUT2D eigenvalue weighted by Gasteiger charge is 2.32. The molecule has 0 unspecified atom stereocenters. The molecule has 0 radical (unpaired) electrons. The Bertz CT molecular complexity index is 1360. The maximum atomic E-state index is 13.6. The summed E-state index contributed by atoms with van der Waals surface area (Å²) in [5.74, 6) is 0.368. The van der Waals surface area contributed by atoms with Crippen molar-refractivity contribution in [1.29, 1.82) is 0 Å². The highest BCUT2D eigenvalue weighted by atomic mass is 35.5. The van der Waals surface area contributed by atoms with Gasteiger partial charge in [-0.15, -0.1) is 0 Å². The molecule has 2 fully saturated rings. The first-order valence-electron chi connectivity index (χ1n) is 13.9. The Morgan fingerprint density at radius 2 is 1.87 bits per heavy atom. The number of anilines is 1. The van der Waals surface area contributed by atoms with Crippen molar-refractivity contribution >= 4 is 40.3 Å². The number of nitrogens with zero attached hydrogens (tertiary/aromatic N) is 5. The Morgan fingerprint density at radius 3 is 2.59 bits per heavy atom. The minimum Gasteiger partial charge on any atom is -0.444 e. The highest BCUT2D eigenvalue weighted by Crippen LogP contribution is 2.36. The van der Waals surface area contributed by atoms with E-state index >= 15 is 0 Å². The van der Waals surface area contributed by atoms with Crippen LogP contribution in [0.15, 0.2) is 42.6 Å². The number of aromatic nitrogens is 2. The maximum Gasteiger partial charge on any atom is 0.410 e. The molecule has 1 aromatic heterocycles. The normalized spacial score (nSPS) is 17.3. The maximum absolute atomic E-state index is 13.6. The number of carbonyl (C=O) groups is 2. The van der Waals surface area contributed by atoms with Crippen molar-refractivity contribution in [2.75, 3.05) is 37.6 Å². The predicted octanol–water partition coefficient (Wildman–Crippen LogP) is 6.66. The van der Waals surface area contributed by atoms with Gasteiger partial charge in [0.1, 0.15) is 5.60 Å². The van der Waals surface area contributed by atoms with Gasteiger partial charge in [-0.25, -0.2) is 9.59 Å². The van der Waals surface area contributed by atoms with E-state index in [2.05, 4.69) is 11.2 Å². The molecule has 3 aromatic rings. The largest absolute Gasteiger partial charge is 0.444 e. The Morgan fingerprint density at radius 1 is 1.10 bits per heavy atom. The van der Waals surface area contributed by atoms with Crippen LogP contribution in [0.4, 0.5) is 15.3 Å². The van der Waals surface area contributed by atoms with E-state index in [9.17, 15) is 9.59 Å². The summed E-state index contributed by atoms with van der Waals surface area (Å²) in [6, 6.07) is 12.2. The van der Waals surface area contributed by atoms with Gasteiger partial charge >= 0.3 is 12.1 Å². The fourth-order valence-corrected chi connectivity index (χ4v) is 5.95. The molecule has 0 N–H and O–H groups in total. The molecule has 9 heteroatoms. The van der Waals surface area contributed by atoms with Gasteiger partial charge in [-0.3, -0.25) is 9.58 Å². The Hall–Kier alpha value is -3.26. The number of benzene rings is 2. The SMILES string of the molecule is CCn1ncc2ccc(-c3cccc(N4CCCN(CC5CCN(C(=O)OC(C)(C)C)CC5)C4=O)c3)c(Cl)c21. The zero-order valence-electron chi connectivity index (χ0n) is 23.3. The van der Waals surface area contributed by atoms with Gasteiger partial charge < -0.3 is 14.5 Å². The lowest BCUT2D eigenvalue weighted by atomic mass is 9.96. The Labute approximate surface area is 235 Å². The van der Waals surface area contributed by atoms with Crippen LogP contribution in [0.25, 0.3) is 22.0 Å². The second kappa shape index (κ2) is 11.1. The topological polar surface area (TPSA) is 70.9 Å². The van der Waals surface area contributed by atoms with Crippen LogP contribution in [-0.4, -0.2) is 70.0 Å². The van der Waals surface area contributed by atoms with Crippen molar-refractivity contribution in [1.82, 2.24) is 19.6 Å². The van der Waals surface area contributed by atoms with E-state index in [1.54, 1.807) is 4.90 Å². The van der Waals surface area contributed by atoms with Crippen molar-refractivity contribution in [2.24, 2.45) is 5.92 Å². The summed E-state index contributed by atoms with van der Waals surface area (Å²) in [7, 11) is 0. The van der Waals surface area contributed by atoms with Crippen LogP contribution in [0.2, 0.25) is 5.02 Å². The average molecular weight is 552 g/mol. The lowest BCUT2D eigenvalue weighted by Gasteiger charge is -2.39. The highest BCUT2D eigenvalue weighted by molar-refractivity contribution is 6.38. The number of hydrogen-bond donors (Lipinski definition) is 0. The first-order valence-corrected chi connectivity index (χ1v) is 14.3. The fourth-order valence-electron chi connectivity index (χ4n) is 5.57. The third-order valence-electron chi connectivity index (χ3n) is 7.57. The van der Waals surface area contributed by atoms with Gasteiger partial charge in [-0.2, -0.15) is 5.10 Å². The fraction of sp³-hybridized carbons (Fsp3) is 0.500. The molecule has 0 bridgehead atoms. The molecule has 8 nitrogen and oxygen atoms in total. The number of hydrogen-bond acceptors (Lipinski definition) is 4. The molecule has 5 rings (SSSR count). The van der Waals surface area contributed by atoms with Gasteiger partial charge in [0.15, 0.2) is 0 Å². The van der Waals surface area contributed by atoms with Crippen LogP contribution in [-0.2, 0) is 11.3 Å². The monoisotopic (exact) mass is 551 g/mol. The van der Waals surface area contributed by atoms with Gasteiger partial charge in [0.05, 0.1) is 16.7 Å². The van der Waals surface area contributed by atoms with E-state index in [0.717, 1.165) is 60.1 Å². The number of likely N-dealkylation sites (tertiary alicyclic amines) is 1. The van der Waals surface area contributed by atoms with Crippen LogP contribution in [0.1, 0.15) is 47.0 Å². The molecule has 2 saturated heterocycles. The molecular weight excluding hydrogens is 514 g/mol. The van der Waals surface area contributed by atoms with Crippen molar-refractivity contribution in [2.45, 2.75) is 59.1 Å². The van der Waals surface area contributed by atoms with Gasteiger partial charge in [0, 0.05) is 55.9 Å². The van der Waals surface area contributed by atoms with Crippen molar-refractivity contribution < 1.29 is 14.3 Å². The molecule has 39 heavy (non-hydrogen) atoms. The van der Waals surface area contributed by atoms with Crippen LogP contribution >= 0.6 is 11.6 Å². The van der Waals surface area contributed by atoms with Crippen molar-refractivity contribution in [3.05, 3.63) is 47.6 Å². The summed E-state index contributed by atoms with van der Waals surface area (Å²) < 4.78 is 7.43. The summed E-state index contributed by atoms with van der Waals surface area (Å²) in [4.78, 5) is 31.7. The lowest BCUT2D eigenvalue weighted by Crippen LogP contribution is -2.52. The Balaban J connectivity index is 1.27. The Kier molecular flexibility index (Phi) is 7.76. The van der Waals surface area contributed by atoms with E-state index in [1.807, 2.05) is 78.7 Å². The molecule has 0 saturated carbocycles. The van der Waals surface area contributed by atoms with Gasteiger partial charge in [0.2, 0.25) is 0 Å². The summed E-state index contributed by atoms with van der Waals surface area (Å²) >= 11 is 6.88. The number of piperidine rings is 1. The molecule has 3 amide bonds. The number of amides is 3. The smallest absolute Gasteiger partial charge is 0.410 e. The van der Waals surface area contributed by atoms with Crippen LogP contribution in [0.5, 0.6) is 0 Å². The average Bonchev–Trinajstić information content (AvgIpc) is 3.34. The van der Waals surface area contributed by atoms with Gasteiger partial charge in [0.25, 0.3) is 0 Å². The standard InChI is InChI=1S/C30H38ClN5O3/c1-5-36-27-23(19-32-36)10-11-25(26(27)31)22-8-6-9-24(18-22)35-15-7-14-34(28(35)37)20-21-12-16-33(17-13-21)29(38)39-30(2,3)4/h6,8-11,18-19,21H,5,7,12-17,20H2,1-4H3. The zero-order valence-corrected chi connectivity index (χ0v) is 24.1. The molecule has 2 aliphatic rings. The summed E-state index contributed by atoms with van der Waals surface area (Å²) in [6.07, 6.45) is 4.24. The third kappa shape index (κ3) is 5.86. The van der Waals surface area contributed by atoms with E-state index < -0.39 is 5.60 Å². The van der Waals surface area contributed by atoms with Crippen LogP contribution in [0.3, 0.4) is 0 Å². The lowest BCUT2D eigenvalue weighted by molar-refractivity contribution is 0.0173. The molecule has 0 atom stereocenters. The number of halogens is 1. The molecule has 0 aliphatic carbocycles. The number of rotatable bonds is 5. The minimum absolute atomic E-state index is 0.0404. The molecule has 2 aromatic carbocycles. The van der Waals surface area contributed by atoms with Crippen molar-refractivity contribution in [3.63, 3.8) is 0 Å². The second-order valence-electron chi connectivity index (χ2n) is 11.5. The van der Waals surface area contributed by atoms with E-state index in [-0.39, 0.29) is 12.1 Å². The number of ether oxygens (including phenoxy) is 1. The predicted molar refractivity (Wildman–Crippen MR) is 155 cm³/mol. The van der Waals surface area contributed by atoms with E-state index in [1.165, 1.54) is 0 Å². The first-order chi connectivity index (χ1) is 18.6. The summed E-state index contributed by atoms with van der Waals surface area (Å²) in [5.41, 5.74) is 3.22. The molecule has 3 heterocycles. The number of fused-ring (bicyclic) bond motifs is 1. The third-order valence-corrected chi connectivity index (χ3v) is 7.95. The van der Waals surface area contributed by atoms with E-state index in [4.69, 9.17) is 16.3 Å². The summed E-state index contributed by atoms with van der Waals surface area (Å²) in [6.45, 7) is 11.9. The number of carbonyl (C=O) groups excluding carboxylic acids is 2. The number of aryl methyl sites for hydroxylation is 1. The molecule has 2 aliphatic heterocycles. The second-order valence-corrected chi connectivity index (χ2v) is 11.9. The zero-order chi connectivity index (χ0) is 27.7. The molecular formula is C30H38ClN5O3. The molecule has 208 valence electrons. The van der Waals surface area contributed by atoms with Crippen LogP contribution < -0.4 is 4.90 Å². The quantitative estimate of drug-likeness (QED) is 0.355.